The first kappa shape index (κ1) is 20.1. The predicted molar refractivity (Wildman–Crippen MR) is 67.2 cm³/mol. The fraction of sp³-hybridized carbons (Fsp3) is 0.333. The summed E-state index contributed by atoms with van der Waals surface area (Å²) in [4.78, 5) is 21.2. The Hall–Kier alpha value is -0.930. The van der Waals surface area contributed by atoms with E-state index in [9.17, 15) is 23.1 Å². The van der Waals surface area contributed by atoms with Gasteiger partial charge in [0.15, 0.2) is 0 Å². The molecule has 21 heavy (non-hydrogen) atoms. The molecule has 7 nitrogen and oxygen atoms in total. The van der Waals surface area contributed by atoms with Crippen LogP contribution in [0, 0.1) is 6.92 Å². The maximum absolute atomic E-state index is 12.0. The van der Waals surface area contributed by atoms with Gasteiger partial charge in [0.1, 0.15) is 0 Å². The smallest absolute Gasteiger partial charge is 0.548 e. The molecule has 1 atom stereocenters. The van der Waals surface area contributed by atoms with E-state index in [1.807, 2.05) is 4.72 Å². The van der Waals surface area contributed by atoms with Crippen molar-refractivity contribution in [1.82, 2.24) is 4.72 Å². The number of nitrogens with one attached hydrogen (secondary N) is 1. The van der Waals surface area contributed by atoms with Crippen LogP contribution in [0.5, 0.6) is 0 Å². The molecule has 0 saturated carbocycles. The molecular formula is C12H14NNaO6S. The monoisotopic (exact) mass is 323 g/mol. The zero-order valence-electron chi connectivity index (χ0n) is 11.7. The average molecular weight is 323 g/mol. The number of hydrogen-bond donors (Lipinski definition) is 2. The molecule has 9 heteroatoms. The molecule has 1 aromatic rings. The molecule has 0 amide bonds. The molecule has 0 saturated heterocycles. The van der Waals surface area contributed by atoms with Crippen LogP contribution in [0.3, 0.4) is 0 Å². The van der Waals surface area contributed by atoms with E-state index in [1.165, 1.54) is 12.1 Å². The molecule has 2 N–H and O–H groups in total. The zero-order chi connectivity index (χ0) is 15.3. The van der Waals surface area contributed by atoms with Gasteiger partial charge in [-0.1, -0.05) is 17.7 Å². The summed E-state index contributed by atoms with van der Waals surface area (Å²) in [5, 5.41) is 19.3. The molecule has 0 bridgehead atoms. The topological polar surface area (TPSA) is 124 Å². The maximum atomic E-state index is 12.0. The molecule has 0 heterocycles. The molecule has 0 aliphatic heterocycles. The predicted octanol–water partition coefficient (Wildman–Crippen LogP) is -3.74. The van der Waals surface area contributed by atoms with Gasteiger partial charge in [-0.3, -0.25) is 4.79 Å². The summed E-state index contributed by atoms with van der Waals surface area (Å²) in [7, 11) is -4.03. The number of carboxylic acid groups (broad SMARTS) is 2. The third-order valence-electron chi connectivity index (χ3n) is 2.56. The van der Waals surface area contributed by atoms with Gasteiger partial charge in [-0.05, 0) is 25.5 Å². The minimum atomic E-state index is -4.03. The minimum Gasteiger partial charge on any atom is -0.548 e. The zero-order valence-corrected chi connectivity index (χ0v) is 14.5. The number of benzene rings is 1. The van der Waals surface area contributed by atoms with Crippen molar-refractivity contribution in [3.63, 3.8) is 0 Å². The van der Waals surface area contributed by atoms with Crippen LogP contribution in [0.1, 0.15) is 18.4 Å². The summed E-state index contributed by atoms with van der Waals surface area (Å²) in [6.45, 7) is 1.78. The number of hydrogen-bond acceptors (Lipinski definition) is 5. The standard InChI is InChI=1S/C12H15NO6S.Na/c1-8-2-4-9(5-3-8)20(18,19)13-10(12(16)17)6-7-11(14)15;/h2-5,10,13H,6-7H2,1H3,(H,14,15)(H,16,17);/q;+1/p-1/t10-;/m0./s1. The van der Waals surface area contributed by atoms with Gasteiger partial charge in [0, 0.05) is 6.42 Å². The van der Waals surface area contributed by atoms with Gasteiger partial charge in [-0.25, -0.2) is 13.1 Å². The third-order valence-corrected chi connectivity index (χ3v) is 4.05. The van der Waals surface area contributed by atoms with Crippen molar-refractivity contribution in [3.8, 4) is 0 Å². The van der Waals surface area contributed by atoms with Gasteiger partial charge in [-0.2, -0.15) is 0 Å². The molecule has 1 aromatic carbocycles. The SMILES string of the molecule is Cc1ccc(S(=O)(=O)N[C@@H](CCC(=O)O)C(=O)[O-])cc1.[Na+]. The largest absolute Gasteiger partial charge is 1.00 e. The van der Waals surface area contributed by atoms with E-state index >= 15 is 0 Å². The van der Waals surface area contributed by atoms with E-state index in [0.29, 0.717) is 0 Å². The van der Waals surface area contributed by atoms with Gasteiger partial charge >= 0.3 is 35.5 Å². The van der Waals surface area contributed by atoms with Gasteiger partial charge in [-0.15, -0.1) is 0 Å². The number of aliphatic carboxylic acids is 2. The second-order valence-corrected chi connectivity index (χ2v) is 5.95. The van der Waals surface area contributed by atoms with E-state index in [1.54, 1.807) is 19.1 Å². The molecule has 0 aliphatic carbocycles. The quantitative estimate of drug-likeness (QED) is 0.497. The Morgan fingerprint density at radius 1 is 1.29 bits per heavy atom. The fourth-order valence-corrected chi connectivity index (χ4v) is 2.68. The first-order valence-electron chi connectivity index (χ1n) is 5.74. The second kappa shape index (κ2) is 8.50. The van der Waals surface area contributed by atoms with Crippen LogP contribution in [0.15, 0.2) is 29.2 Å². The first-order valence-corrected chi connectivity index (χ1v) is 7.22. The fourth-order valence-electron chi connectivity index (χ4n) is 1.47. The molecule has 0 fully saturated rings. The normalized spacial score (nSPS) is 12.2. The Bertz CT molecular complexity index is 599. The molecule has 110 valence electrons. The second-order valence-electron chi connectivity index (χ2n) is 4.24. The van der Waals surface area contributed by atoms with Crippen LogP contribution in [-0.4, -0.2) is 31.5 Å². The Morgan fingerprint density at radius 2 is 1.81 bits per heavy atom. The molecule has 0 aromatic heterocycles. The Kier molecular flexibility index (Phi) is 8.12. The first-order chi connectivity index (χ1) is 9.22. The molecular weight excluding hydrogens is 309 g/mol. The maximum Gasteiger partial charge on any atom is 1.00 e. The molecule has 0 spiro atoms. The van der Waals surface area contributed by atoms with Crippen LogP contribution >= 0.6 is 0 Å². The Labute approximate surface area is 144 Å². The van der Waals surface area contributed by atoms with Crippen LogP contribution in [0.25, 0.3) is 0 Å². The Balaban J connectivity index is 0.00000400. The minimum absolute atomic E-state index is 0. The Morgan fingerprint density at radius 3 is 2.24 bits per heavy atom. The van der Waals surface area contributed by atoms with Gasteiger partial charge in [0.25, 0.3) is 0 Å². The van der Waals surface area contributed by atoms with Crippen LogP contribution < -0.4 is 39.4 Å². The number of carbonyl (C=O) groups is 2. The number of sulfonamides is 1. The van der Waals surface area contributed by atoms with Crippen molar-refractivity contribution >= 4 is 22.0 Å². The number of carboxylic acids is 2. The average Bonchev–Trinajstić information content (AvgIpc) is 2.34. The van der Waals surface area contributed by atoms with E-state index in [-0.39, 0.29) is 40.9 Å². The van der Waals surface area contributed by atoms with Crippen LogP contribution in [0.4, 0.5) is 0 Å². The number of aryl methyl sites for hydroxylation is 1. The summed E-state index contributed by atoms with van der Waals surface area (Å²) >= 11 is 0. The van der Waals surface area contributed by atoms with Crippen molar-refractivity contribution in [2.24, 2.45) is 0 Å². The van der Waals surface area contributed by atoms with Crippen LogP contribution in [0.2, 0.25) is 0 Å². The van der Waals surface area contributed by atoms with Gasteiger partial charge < -0.3 is 15.0 Å². The van der Waals surface area contributed by atoms with Crippen molar-refractivity contribution < 1.29 is 57.8 Å². The van der Waals surface area contributed by atoms with Crippen molar-refractivity contribution in [1.29, 1.82) is 0 Å². The number of rotatable bonds is 7. The molecule has 1 rings (SSSR count). The summed E-state index contributed by atoms with van der Waals surface area (Å²) in [6.07, 6.45) is -0.863. The summed E-state index contributed by atoms with van der Waals surface area (Å²) in [5.74, 6) is -2.88. The van der Waals surface area contributed by atoms with E-state index in [4.69, 9.17) is 5.11 Å². The van der Waals surface area contributed by atoms with E-state index < -0.39 is 34.4 Å². The van der Waals surface area contributed by atoms with E-state index in [2.05, 4.69) is 0 Å². The van der Waals surface area contributed by atoms with Crippen molar-refractivity contribution in [2.75, 3.05) is 0 Å². The summed E-state index contributed by atoms with van der Waals surface area (Å²) in [5.41, 5.74) is 0.853. The molecule has 0 unspecified atom stereocenters. The third kappa shape index (κ3) is 6.58. The van der Waals surface area contributed by atoms with Crippen molar-refractivity contribution in [2.45, 2.75) is 30.7 Å². The van der Waals surface area contributed by atoms with Gasteiger partial charge in [0.2, 0.25) is 10.0 Å². The summed E-state index contributed by atoms with van der Waals surface area (Å²) in [6, 6.07) is 4.22. The van der Waals surface area contributed by atoms with Gasteiger partial charge in [0.05, 0.1) is 16.9 Å². The van der Waals surface area contributed by atoms with Crippen molar-refractivity contribution in [3.05, 3.63) is 29.8 Å². The summed E-state index contributed by atoms with van der Waals surface area (Å²) < 4.78 is 25.8. The molecule has 0 radical (unpaired) electrons. The van der Waals surface area contributed by atoms with Crippen LogP contribution in [-0.2, 0) is 19.6 Å². The number of carbonyl (C=O) groups excluding carboxylic acids is 1. The van der Waals surface area contributed by atoms with E-state index in [0.717, 1.165) is 5.56 Å². The molecule has 0 aliphatic rings.